The van der Waals surface area contributed by atoms with Crippen LogP contribution in [0.2, 0.25) is 0 Å². The Balaban J connectivity index is 2.79. The van der Waals surface area contributed by atoms with E-state index in [0.717, 1.165) is 11.1 Å². The Hall–Kier alpha value is -1.38. The van der Waals surface area contributed by atoms with Crippen molar-refractivity contribution in [2.75, 3.05) is 0 Å². The van der Waals surface area contributed by atoms with Crippen LogP contribution in [0.25, 0.3) is 0 Å². The van der Waals surface area contributed by atoms with Gasteiger partial charge >= 0.3 is 0 Å². The fourth-order valence-electron chi connectivity index (χ4n) is 0.934. The van der Waals surface area contributed by atoms with Gasteiger partial charge in [0.15, 0.2) is 0 Å². The van der Waals surface area contributed by atoms with Crippen molar-refractivity contribution in [3.63, 3.8) is 0 Å². The molecule has 1 rings (SSSR count). The molecule has 0 aliphatic heterocycles. The van der Waals surface area contributed by atoms with Crippen LogP contribution in [0.3, 0.4) is 0 Å². The first-order valence-corrected chi connectivity index (χ1v) is 3.42. The summed E-state index contributed by atoms with van der Waals surface area (Å²) in [6, 6.07) is 1.98. The van der Waals surface area contributed by atoms with Gasteiger partial charge in [0.25, 0.3) is 0 Å². The first-order valence-electron chi connectivity index (χ1n) is 3.42. The van der Waals surface area contributed by atoms with Gasteiger partial charge in [-0.25, -0.2) is 0 Å². The van der Waals surface area contributed by atoms with Crippen LogP contribution in [0.4, 0.5) is 0 Å². The van der Waals surface area contributed by atoms with Crippen LogP contribution < -0.4 is 5.73 Å². The van der Waals surface area contributed by atoms with E-state index < -0.39 is 0 Å². The summed E-state index contributed by atoms with van der Waals surface area (Å²) in [6.45, 7) is 1.97. The topological polar surface area (TPSA) is 62.8 Å². The number of nitrogens with zero attached hydrogens (tertiary/aromatic N) is 1. The Morgan fingerprint density at radius 1 is 1.64 bits per heavy atom. The second kappa shape index (κ2) is 3.14. The average Bonchev–Trinajstić information content (AvgIpc) is 1.85. The summed E-state index contributed by atoms with van der Waals surface area (Å²) in [4.78, 5) is 3.99. The maximum absolute atomic E-state index is 7.05. The average molecular weight is 149 g/mol. The maximum atomic E-state index is 7.05. The SMILES string of the molecule is Cc1cncc(CC(=N)N)c1. The summed E-state index contributed by atoms with van der Waals surface area (Å²) in [5.74, 6) is 0.178. The predicted octanol–water partition coefficient (Wildman–Crippen LogP) is 0.868. The minimum Gasteiger partial charge on any atom is -0.387 e. The van der Waals surface area contributed by atoms with Gasteiger partial charge in [-0.05, 0) is 18.1 Å². The van der Waals surface area contributed by atoms with Gasteiger partial charge in [0.1, 0.15) is 0 Å². The first kappa shape index (κ1) is 7.72. The second-order valence-corrected chi connectivity index (χ2v) is 2.57. The Morgan fingerprint density at radius 2 is 2.36 bits per heavy atom. The highest BCUT2D eigenvalue weighted by Gasteiger charge is 1.94. The summed E-state index contributed by atoms with van der Waals surface area (Å²) < 4.78 is 0. The number of hydrogen-bond acceptors (Lipinski definition) is 2. The standard InChI is InChI=1S/C8H11N3/c1-6-2-7(3-8(9)10)5-11-4-6/h2,4-5H,3H2,1H3,(H3,9,10). The highest BCUT2D eigenvalue weighted by Crippen LogP contribution is 2.00. The molecule has 3 nitrogen and oxygen atoms in total. The van der Waals surface area contributed by atoms with Crippen molar-refractivity contribution in [2.45, 2.75) is 13.3 Å². The fourth-order valence-corrected chi connectivity index (χ4v) is 0.934. The lowest BCUT2D eigenvalue weighted by molar-refractivity contribution is 1.16. The molecule has 0 amide bonds. The minimum atomic E-state index is 0.178. The van der Waals surface area contributed by atoms with Crippen molar-refractivity contribution in [1.29, 1.82) is 5.41 Å². The molecule has 0 aromatic carbocycles. The van der Waals surface area contributed by atoms with Gasteiger partial charge in [0.05, 0.1) is 5.84 Å². The fraction of sp³-hybridized carbons (Fsp3) is 0.250. The highest BCUT2D eigenvalue weighted by molar-refractivity contribution is 5.79. The molecular weight excluding hydrogens is 138 g/mol. The van der Waals surface area contributed by atoms with E-state index in [0.29, 0.717) is 6.42 Å². The molecule has 0 aliphatic rings. The van der Waals surface area contributed by atoms with E-state index in [4.69, 9.17) is 11.1 Å². The van der Waals surface area contributed by atoms with Gasteiger partial charge in [-0.15, -0.1) is 0 Å². The molecule has 1 aromatic heterocycles. The molecule has 0 aliphatic carbocycles. The summed E-state index contributed by atoms with van der Waals surface area (Å²) in [5, 5.41) is 7.05. The lowest BCUT2D eigenvalue weighted by Crippen LogP contribution is -2.12. The van der Waals surface area contributed by atoms with Crippen LogP contribution in [0.15, 0.2) is 18.5 Å². The van der Waals surface area contributed by atoms with Gasteiger partial charge in [0.2, 0.25) is 0 Å². The number of aromatic nitrogens is 1. The molecule has 0 fully saturated rings. The Kier molecular flexibility index (Phi) is 2.21. The smallest absolute Gasteiger partial charge is 0.0950 e. The predicted molar refractivity (Wildman–Crippen MR) is 44.6 cm³/mol. The molecule has 0 atom stereocenters. The number of nitrogens with two attached hydrogens (primary N) is 1. The zero-order valence-corrected chi connectivity index (χ0v) is 6.46. The molecule has 11 heavy (non-hydrogen) atoms. The molecule has 1 aromatic rings. The number of amidine groups is 1. The Labute approximate surface area is 65.8 Å². The van der Waals surface area contributed by atoms with Crippen LogP contribution in [-0.4, -0.2) is 10.8 Å². The van der Waals surface area contributed by atoms with Crippen molar-refractivity contribution in [3.8, 4) is 0 Å². The van der Waals surface area contributed by atoms with Crippen molar-refractivity contribution in [1.82, 2.24) is 4.98 Å². The number of aryl methyl sites for hydroxylation is 1. The number of nitrogens with one attached hydrogen (secondary N) is 1. The van der Waals surface area contributed by atoms with E-state index in [9.17, 15) is 0 Å². The van der Waals surface area contributed by atoms with Crippen molar-refractivity contribution < 1.29 is 0 Å². The molecule has 3 N–H and O–H groups in total. The molecule has 0 saturated carbocycles. The van der Waals surface area contributed by atoms with Crippen molar-refractivity contribution in [2.24, 2.45) is 5.73 Å². The van der Waals surface area contributed by atoms with E-state index in [-0.39, 0.29) is 5.84 Å². The van der Waals surface area contributed by atoms with Crippen molar-refractivity contribution in [3.05, 3.63) is 29.6 Å². The lowest BCUT2D eigenvalue weighted by Gasteiger charge is -1.98. The van der Waals surface area contributed by atoms with Gasteiger partial charge in [-0.1, -0.05) is 6.07 Å². The molecule has 0 bridgehead atoms. The highest BCUT2D eigenvalue weighted by atomic mass is 14.7. The van der Waals surface area contributed by atoms with Gasteiger partial charge < -0.3 is 5.73 Å². The molecule has 0 unspecified atom stereocenters. The van der Waals surface area contributed by atoms with Crippen molar-refractivity contribution >= 4 is 5.84 Å². The third-order valence-corrected chi connectivity index (χ3v) is 1.33. The van der Waals surface area contributed by atoms with Gasteiger partial charge in [0, 0.05) is 18.8 Å². The van der Waals surface area contributed by atoms with E-state index >= 15 is 0 Å². The molecule has 58 valence electrons. The molecule has 0 spiro atoms. The number of pyridine rings is 1. The summed E-state index contributed by atoms with van der Waals surface area (Å²) >= 11 is 0. The van der Waals surface area contributed by atoms with E-state index in [1.165, 1.54) is 0 Å². The van der Waals surface area contributed by atoms with Crippen LogP contribution in [-0.2, 0) is 6.42 Å². The Bertz CT molecular complexity index is 268. The van der Waals surface area contributed by atoms with E-state index in [2.05, 4.69) is 4.98 Å². The first-order chi connectivity index (χ1) is 5.18. The summed E-state index contributed by atoms with van der Waals surface area (Å²) in [5.41, 5.74) is 7.33. The molecule has 1 heterocycles. The van der Waals surface area contributed by atoms with Gasteiger partial charge in [-0.3, -0.25) is 10.4 Å². The summed E-state index contributed by atoms with van der Waals surface area (Å²) in [7, 11) is 0. The zero-order valence-electron chi connectivity index (χ0n) is 6.46. The quantitative estimate of drug-likeness (QED) is 0.484. The van der Waals surface area contributed by atoms with E-state index in [1.807, 2.05) is 13.0 Å². The number of hydrogen-bond donors (Lipinski definition) is 2. The molecular formula is C8H11N3. The van der Waals surface area contributed by atoms with Crippen LogP contribution in [0.5, 0.6) is 0 Å². The second-order valence-electron chi connectivity index (χ2n) is 2.57. The molecule has 0 saturated heterocycles. The molecule has 3 heteroatoms. The van der Waals surface area contributed by atoms with E-state index in [1.54, 1.807) is 12.4 Å². The number of rotatable bonds is 2. The normalized spacial score (nSPS) is 9.55. The summed E-state index contributed by atoms with van der Waals surface area (Å²) in [6.07, 6.45) is 4.01. The van der Waals surface area contributed by atoms with Crippen LogP contribution in [0, 0.1) is 12.3 Å². The molecule has 0 radical (unpaired) electrons. The third kappa shape index (κ3) is 2.37. The van der Waals surface area contributed by atoms with Gasteiger partial charge in [-0.2, -0.15) is 0 Å². The third-order valence-electron chi connectivity index (χ3n) is 1.33. The van der Waals surface area contributed by atoms with Crippen LogP contribution in [0.1, 0.15) is 11.1 Å². The Morgan fingerprint density at radius 3 is 2.91 bits per heavy atom. The minimum absolute atomic E-state index is 0.178. The monoisotopic (exact) mass is 149 g/mol. The largest absolute Gasteiger partial charge is 0.387 e. The lowest BCUT2D eigenvalue weighted by atomic mass is 10.1. The zero-order chi connectivity index (χ0) is 8.27. The van der Waals surface area contributed by atoms with Crippen LogP contribution >= 0.6 is 0 Å². The maximum Gasteiger partial charge on any atom is 0.0950 e.